The Kier molecular flexibility index (Phi) is 4.66. The lowest BCUT2D eigenvalue weighted by Gasteiger charge is -2.24. The standard InChI is InChI=1S/C10H16N2O3/c1-3-15-10(13)12-6-4-5-9(8-12)7-11-14-2/h5,7H,3-4,6,8H2,1-2H3/b11-7-. The van der Waals surface area contributed by atoms with E-state index in [1.54, 1.807) is 18.0 Å². The van der Waals surface area contributed by atoms with Gasteiger partial charge in [-0.3, -0.25) is 0 Å². The third-order valence-electron chi connectivity index (χ3n) is 2.03. The molecule has 0 spiro atoms. The topological polar surface area (TPSA) is 51.1 Å². The second kappa shape index (κ2) is 6.06. The number of nitrogens with zero attached hydrogens (tertiary/aromatic N) is 2. The van der Waals surface area contributed by atoms with E-state index in [0.717, 1.165) is 12.0 Å². The number of amides is 1. The third-order valence-corrected chi connectivity index (χ3v) is 2.03. The van der Waals surface area contributed by atoms with Crippen LogP contribution >= 0.6 is 0 Å². The molecule has 0 aromatic carbocycles. The van der Waals surface area contributed by atoms with Crippen molar-refractivity contribution in [2.24, 2.45) is 5.16 Å². The molecule has 15 heavy (non-hydrogen) atoms. The zero-order valence-electron chi connectivity index (χ0n) is 9.10. The Morgan fingerprint density at radius 3 is 3.20 bits per heavy atom. The zero-order chi connectivity index (χ0) is 11.1. The van der Waals surface area contributed by atoms with Crippen LogP contribution in [0.15, 0.2) is 16.8 Å². The monoisotopic (exact) mass is 212 g/mol. The summed E-state index contributed by atoms with van der Waals surface area (Å²) in [6.45, 7) is 3.43. The van der Waals surface area contributed by atoms with Crippen LogP contribution in [0.4, 0.5) is 4.79 Å². The molecule has 0 N–H and O–H groups in total. The van der Waals surface area contributed by atoms with E-state index in [0.29, 0.717) is 19.7 Å². The predicted molar refractivity (Wildman–Crippen MR) is 56.8 cm³/mol. The molecule has 1 aliphatic heterocycles. The van der Waals surface area contributed by atoms with Crippen LogP contribution in [0.25, 0.3) is 0 Å². The van der Waals surface area contributed by atoms with Crippen molar-refractivity contribution >= 4 is 12.3 Å². The van der Waals surface area contributed by atoms with Crippen molar-refractivity contribution in [3.05, 3.63) is 11.6 Å². The van der Waals surface area contributed by atoms with Crippen molar-refractivity contribution in [2.75, 3.05) is 26.8 Å². The second-order valence-corrected chi connectivity index (χ2v) is 3.11. The van der Waals surface area contributed by atoms with Crippen molar-refractivity contribution in [1.82, 2.24) is 4.90 Å². The Bertz CT molecular complexity index is 274. The molecule has 5 heteroatoms. The number of hydrogen-bond acceptors (Lipinski definition) is 4. The van der Waals surface area contributed by atoms with Gasteiger partial charge < -0.3 is 14.5 Å². The molecule has 1 aliphatic rings. The summed E-state index contributed by atoms with van der Waals surface area (Å²) in [5, 5.41) is 3.66. The van der Waals surface area contributed by atoms with Gasteiger partial charge in [-0.25, -0.2) is 4.79 Å². The number of ether oxygens (including phenoxy) is 1. The van der Waals surface area contributed by atoms with Gasteiger partial charge in [0.05, 0.1) is 19.4 Å². The first-order valence-electron chi connectivity index (χ1n) is 4.95. The first-order chi connectivity index (χ1) is 7.27. The maximum absolute atomic E-state index is 11.4. The Morgan fingerprint density at radius 2 is 2.53 bits per heavy atom. The van der Waals surface area contributed by atoms with E-state index >= 15 is 0 Å². The summed E-state index contributed by atoms with van der Waals surface area (Å²) in [4.78, 5) is 17.7. The fourth-order valence-electron chi connectivity index (χ4n) is 1.35. The molecule has 0 atom stereocenters. The van der Waals surface area contributed by atoms with E-state index in [1.807, 2.05) is 6.08 Å². The smallest absolute Gasteiger partial charge is 0.410 e. The largest absolute Gasteiger partial charge is 0.450 e. The van der Waals surface area contributed by atoms with Gasteiger partial charge in [-0.1, -0.05) is 11.2 Å². The molecular formula is C10H16N2O3. The van der Waals surface area contributed by atoms with E-state index < -0.39 is 0 Å². The molecule has 0 fully saturated rings. The van der Waals surface area contributed by atoms with E-state index in [1.165, 1.54) is 7.11 Å². The lowest BCUT2D eigenvalue weighted by molar-refractivity contribution is 0.110. The molecule has 5 nitrogen and oxygen atoms in total. The highest BCUT2D eigenvalue weighted by atomic mass is 16.6. The van der Waals surface area contributed by atoms with Crippen molar-refractivity contribution in [3.63, 3.8) is 0 Å². The highest BCUT2D eigenvalue weighted by molar-refractivity contribution is 5.80. The molecule has 0 radical (unpaired) electrons. The van der Waals surface area contributed by atoms with Crippen LogP contribution in [0.1, 0.15) is 13.3 Å². The quantitative estimate of drug-likeness (QED) is 0.525. The zero-order valence-corrected chi connectivity index (χ0v) is 9.10. The average Bonchev–Trinajstić information content (AvgIpc) is 2.27. The first kappa shape index (κ1) is 11.6. The molecule has 0 saturated heterocycles. The minimum absolute atomic E-state index is 0.270. The van der Waals surface area contributed by atoms with Crippen LogP contribution in [0.2, 0.25) is 0 Å². The molecule has 0 aliphatic carbocycles. The van der Waals surface area contributed by atoms with Gasteiger partial charge in [-0.2, -0.15) is 0 Å². The van der Waals surface area contributed by atoms with Crippen molar-refractivity contribution < 1.29 is 14.4 Å². The minimum Gasteiger partial charge on any atom is -0.450 e. The van der Waals surface area contributed by atoms with E-state index in [9.17, 15) is 4.79 Å². The Hall–Kier alpha value is -1.52. The van der Waals surface area contributed by atoms with Gasteiger partial charge >= 0.3 is 6.09 Å². The van der Waals surface area contributed by atoms with E-state index in [2.05, 4.69) is 9.99 Å². The summed E-state index contributed by atoms with van der Waals surface area (Å²) in [6.07, 6.45) is 4.21. The molecule has 1 heterocycles. The van der Waals surface area contributed by atoms with Crippen LogP contribution in [-0.2, 0) is 9.57 Å². The van der Waals surface area contributed by atoms with E-state index in [4.69, 9.17) is 4.74 Å². The molecule has 1 rings (SSSR count). The average molecular weight is 212 g/mol. The number of carbonyl (C=O) groups excluding carboxylic acids is 1. The van der Waals surface area contributed by atoms with Gasteiger partial charge in [-0.15, -0.1) is 0 Å². The fraction of sp³-hybridized carbons (Fsp3) is 0.600. The summed E-state index contributed by atoms with van der Waals surface area (Å²) < 4.78 is 4.92. The van der Waals surface area contributed by atoms with Gasteiger partial charge in [0.1, 0.15) is 7.11 Å². The van der Waals surface area contributed by atoms with Crippen LogP contribution in [-0.4, -0.2) is 44.0 Å². The Labute approximate surface area is 89.3 Å². The highest BCUT2D eigenvalue weighted by Crippen LogP contribution is 2.09. The number of rotatable bonds is 3. The van der Waals surface area contributed by atoms with Gasteiger partial charge in [0, 0.05) is 6.54 Å². The number of oxime groups is 1. The van der Waals surface area contributed by atoms with Crippen molar-refractivity contribution in [2.45, 2.75) is 13.3 Å². The maximum atomic E-state index is 11.4. The van der Waals surface area contributed by atoms with Crippen LogP contribution in [0.3, 0.4) is 0 Å². The summed E-state index contributed by atoms with van der Waals surface area (Å²) >= 11 is 0. The number of hydrogen-bond donors (Lipinski definition) is 0. The van der Waals surface area contributed by atoms with Crippen LogP contribution in [0, 0.1) is 0 Å². The molecule has 0 aromatic heterocycles. The molecule has 0 aromatic rings. The highest BCUT2D eigenvalue weighted by Gasteiger charge is 2.17. The predicted octanol–water partition coefficient (Wildman–Crippen LogP) is 1.41. The summed E-state index contributed by atoms with van der Waals surface area (Å²) in [5.41, 5.74) is 0.969. The molecule has 84 valence electrons. The summed E-state index contributed by atoms with van der Waals surface area (Å²) in [6, 6.07) is 0. The van der Waals surface area contributed by atoms with E-state index in [-0.39, 0.29) is 6.09 Å². The van der Waals surface area contributed by atoms with Gasteiger partial charge in [0.15, 0.2) is 0 Å². The minimum atomic E-state index is -0.270. The molecule has 0 unspecified atom stereocenters. The van der Waals surface area contributed by atoms with Crippen LogP contribution in [0.5, 0.6) is 0 Å². The summed E-state index contributed by atoms with van der Waals surface area (Å²) in [5.74, 6) is 0. The van der Waals surface area contributed by atoms with Crippen molar-refractivity contribution in [1.29, 1.82) is 0 Å². The second-order valence-electron chi connectivity index (χ2n) is 3.11. The molecular weight excluding hydrogens is 196 g/mol. The SMILES string of the molecule is CCOC(=O)N1CCC=C(/C=N\OC)C1. The molecule has 1 amide bonds. The lowest BCUT2D eigenvalue weighted by atomic mass is 10.1. The normalized spacial score (nSPS) is 16.4. The van der Waals surface area contributed by atoms with Gasteiger partial charge in [0.25, 0.3) is 0 Å². The molecule has 0 bridgehead atoms. The van der Waals surface area contributed by atoms with Crippen LogP contribution < -0.4 is 0 Å². The van der Waals surface area contributed by atoms with Gasteiger partial charge in [-0.05, 0) is 18.9 Å². The molecule has 0 saturated carbocycles. The summed E-state index contributed by atoms with van der Waals surface area (Å²) in [7, 11) is 1.49. The maximum Gasteiger partial charge on any atom is 0.410 e. The fourth-order valence-corrected chi connectivity index (χ4v) is 1.35. The van der Waals surface area contributed by atoms with Crippen molar-refractivity contribution in [3.8, 4) is 0 Å². The lowest BCUT2D eigenvalue weighted by Crippen LogP contribution is -2.36. The van der Waals surface area contributed by atoms with Gasteiger partial charge in [0.2, 0.25) is 0 Å². The Balaban J connectivity index is 2.49. The third kappa shape index (κ3) is 3.61. The first-order valence-corrected chi connectivity index (χ1v) is 4.95. The Morgan fingerprint density at radius 1 is 1.73 bits per heavy atom. The number of carbonyl (C=O) groups is 1.